The molecule has 0 fully saturated rings. The highest BCUT2D eigenvalue weighted by Crippen LogP contribution is 2.21. The van der Waals surface area contributed by atoms with Gasteiger partial charge in [0.25, 0.3) is 0 Å². The summed E-state index contributed by atoms with van der Waals surface area (Å²) in [5.41, 5.74) is 1.94. The second-order valence-electron chi connectivity index (χ2n) is 6.72. The van der Waals surface area contributed by atoms with Crippen molar-refractivity contribution < 1.29 is 4.39 Å². The van der Waals surface area contributed by atoms with E-state index in [2.05, 4.69) is 41.6 Å². The van der Waals surface area contributed by atoms with Crippen LogP contribution in [0.15, 0.2) is 53.5 Å². The van der Waals surface area contributed by atoms with Crippen molar-refractivity contribution in [1.82, 2.24) is 10.6 Å². The Morgan fingerprint density at radius 1 is 1.15 bits per heavy atom. The van der Waals surface area contributed by atoms with E-state index in [-0.39, 0.29) is 12.0 Å². The highest BCUT2D eigenvalue weighted by molar-refractivity contribution is 5.79. The maximum absolute atomic E-state index is 14.0. The molecule has 0 saturated heterocycles. The lowest BCUT2D eigenvalue weighted by Gasteiger charge is -2.26. The fraction of sp³-hybridized carbons (Fsp3) is 0.333. The van der Waals surface area contributed by atoms with Crippen LogP contribution < -0.4 is 10.6 Å². The van der Waals surface area contributed by atoms with Crippen LogP contribution in [-0.4, -0.2) is 19.0 Å². The standard InChI is InChI=1S/C21H25FN4/c1-4-24-20(25-14-17-11-10-16(13-23)12-19(17)22)26-15-21(2,3)18-8-6-5-7-9-18/h5-12H,4,14-15H2,1-3H3,(H2,24,25,26). The zero-order chi connectivity index (χ0) is 19.0. The van der Waals surface area contributed by atoms with Gasteiger partial charge in [-0.05, 0) is 24.6 Å². The molecule has 26 heavy (non-hydrogen) atoms. The lowest BCUT2D eigenvalue weighted by atomic mass is 9.85. The molecule has 0 atom stereocenters. The van der Waals surface area contributed by atoms with Crippen molar-refractivity contribution >= 4 is 5.96 Å². The van der Waals surface area contributed by atoms with Crippen LogP contribution in [0.4, 0.5) is 4.39 Å². The SMILES string of the molecule is CCNC(=NCc1ccc(C#N)cc1F)NCC(C)(C)c1ccccc1. The van der Waals surface area contributed by atoms with Gasteiger partial charge >= 0.3 is 0 Å². The summed E-state index contributed by atoms with van der Waals surface area (Å²) in [7, 11) is 0. The maximum Gasteiger partial charge on any atom is 0.191 e. The molecule has 0 bridgehead atoms. The van der Waals surface area contributed by atoms with Crippen LogP contribution in [0.25, 0.3) is 0 Å². The van der Waals surface area contributed by atoms with Gasteiger partial charge in [0, 0.05) is 24.1 Å². The second kappa shape index (κ2) is 9.00. The van der Waals surface area contributed by atoms with Crippen LogP contribution in [0, 0.1) is 17.1 Å². The number of aliphatic imine (C=N–C) groups is 1. The molecule has 0 spiro atoms. The van der Waals surface area contributed by atoms with Gasteiger partial charge in [-0.2, -0.15) is 5.26 Å². The van der Waals surface area contributed by atoms with Gasteiger partial charge in [0.1, 0.15) is 5.82 Å². The van der Waals surface area contributed by atoms with Crippen LogP contribution in [0.1, 0.15) is 37.5 Å². The van der Waals surface area contributed by atoms with Crippen molar-refractivity contribution in [1.29, 1.82) is 5.26 Å². The third-order valence-electron chi connectivity index (χ3n) is 4.19. The minimum atomic E-state index is -0.409. The zero-order valence-electron chi connectivity index (χ0n) is 15.5. The topological polar surface area (TPSA) is 60.2 Å². The molecule has 0 radical (unpaired) electrons. The quantitative estimate of drug-likeness (QED) is 0.615. The summed E-state index contributed by atoms with van der Waals surface area (Å²) in [6.07, 6.45) is 0. The Balaban J connectivity index is 2.06. The first kappa shape index (κ1) is 19.5. The van der Waals surface area contributed by atoms with Crippen LogP contribution in [-0.2, 0) is 12.0 Å². The monoisotopic (exact) mass is 352 g/mol. The van der Waals surface area contributed by atoms with Gasteiger partial charge in [-0.25, -0.2) is 9.38 Å². The fourth-order valence-electron chi connectivity index (χ4n) is 2.55. The Kier molecular flexibility index (Phi) is 6.74. The molecule has 0 aromatic heterocycles. The average molecular weight is 352 g/mol. The number of benzene rings is 2. The molecular weight excluding hydrogens is 327 g/mol. The van der Waals surface area contributed by atoms with Crippen LogP contribution in [0.3, 0.4) is 0 Å². The van der Waals surface area contributed by atoms with E-state index in [1.54, 1.807) is 12.1 Å². The molecule has 0 aliphatic rings. The summed E-state index contributed by atoms with van der Waals surface area (Å²) in [5.74, 6) is 0.230. The summed E-state index contributed by atoms with van der Waals surface area (Å²) >= 11 is 0. The van der Waals surface area contributed by atoms with E-state index >= 15 is 0 Å². The van der Waals surface area contributed by atoms with Crippen molar-refractivity contribution in [2.45, 2.75) is 32.7 Å². The molecule has 2 aromatic rings. The molecule has 0 saturated carbocycles. The lowest BCUT2D eigenvalue weighted by Crippen LogP contribution is -2.43. The molecule has 0 unspecified atom stereocenters. The van der Waals surface area contributed by atoms with Crippen molar-refractivity contribution in [2.75, 3.05) is 13.1 Å². The summed E-state index contributed by atoms with van der Waals surface area (Å²) in [4.78, 5) is 4.47. The minimum absolute atomic E-state index is 0.0723. The molecule has 2 N–H and O–H groups in total. The van der Waals surface area contributed by atoms with Crippen molar-refractivity contribution in [3.05, 3.63) is 71.0 Å². The molecule has 5 heteroatoms. The molecule has 136 valence electrons. The summed E-state index contributed by atoms with van der Waals surface area (Å²) in [6, 6.07) is 16.7. The first-order chi connectivity index (χ1) is 12.5. The average Bonchev–Trinajstić information content (AvgIpc) is 2.65. The Morgan fingerprint density at radius 3 is 2.50 bits per heavy atom. The first-order valence-corrected chi connectivity index (χ1v) is 8.72. The maximum atomic E-state index is 14.0. The predicted molar refractivity (Wildman–Crippen MR) is 103 cm³/mol. The number of guanidine groups is 1. The smallest absolute Gasteiger partial charge is 0.191 e. The van der Waals surface area contributed by atoms with Crippen LogP contribution in [0.5, 0.6) is 0 Å². The van der Waals surface area contributed by atoms with Crippen LogP contribution in [0.2, 0.25) is 0 Å². The van der Waals surface area contributed by atoms with E-state index in [0.717, 1.165) is 0 Å². The Hall–Kier alpha value is -2.87. The van der Waals surface area contributed by atoms with E-state index in [9.17, 15) is 4.39 Å². The van der Waals surface area contributed by atoms with Gasteiger partial charge in [0.2, 0.25) is 0 Å². The molecule has 0 heterocycles. The van der Waals surface area contributed by atoms with E-state index in [1.165, 1.54) is 11.6 Å². The Bertz CT molecular complexity index is 791. The third kappa shape index (κ3) is 5.32. The van der Waals surface area contributed by atoms with Gasteiger partial charge in [-0.3, -0.25) is 0 Å². The Morgan fingerprint density at radius 2 is 1.88 bits per heavy atom. The third-order valence-corrected chi connectivity index (χ3v) is 4.19. The fourth-order valence-corrected chi connectivity index (χ4v) is 2.55. The molecule has 0 amide bonds. The molecule has 2 aromatic carbocycles. The van der Waals surface area contributed by atoms with Gasteiger partial charge in [-0.15, -0.1) is 0 Å². The lowest BCUT2D eigenvalue weighted by molar-refractivity contribution is 0.508. The number of nitrogens with zero attached hydrogens (tertiary/aromatic N) is 2. The highest BCUT2D eigenvalue weighted by Gasteiger charge is 2.20. The van der Waals surface area contributed by atoms with E-state index in [4.69, 9.17) is 5.26 Å². The molecular formula is C21H25FN4. The van der Waals surface area contributed by atoms with E-state index < -0.39 is 5.82 Å². The number of rotatable bonds is 6. The van der Waals surface area contributed by atoms with Crippen molar-refractivity contribution in [3.8, 4) is 6.07 Å². The van der Waals surface area contributed by atoms with Gasteiger partial charge in [-0.1, -0.05) is 50.2 Å². The Labute approximate surface area is 154 Å². The predicted octanol–water partition coefficient (Wildman–Crippen LogP) is 3.73. The number of halogens is 1. The van der Waals surface area contributed by atoms with Crippen molar-refractivity contribution in [2.24, 2.45) is 4.99 Å². The van der Waals surface area contributed by atoms with Crippen molar-refractivity contribution in [3.63, 3.8) is 0 Å². The molecule has 2 rings (SSSR count). The molecule has 0 aliphatic heterocycles. The normalized spacial score (nSPS) is 11.7. The highest BCUT2D eigenvalue weighted by atomic mass is 19.1. The minimum Gasteiger partial charge on any atom is -0.357 e. The summed E-state index contributed by atoms with van der Waals surface area (Å²) < 4.78 is 14.0. The number of hydrogen-bond acceptors (Lipinski definition) is 2. The van der Waals surface area contributed by atoms with E-state index in [0.29, 0.717) is 30.2 Å². The number of nitriles is 1. The van der Waals surface area contributed by atoms with Gasteiger partial charge in [0.05, 0.1) is 18.2 Å². The summed E-state index contributed by atoms with van der Waals surface area (Å²) in [6.45, 7) is 7.94. The first-order valence-electron chi connectivity index (χ1n) is 8.72. The largest absolute Gasteiger partial charge is 0.357 e. The number of hydrogen-bond donors (Lipinski definition) is 2. The number of nitrogens with one attached hydrogen (secondary N) is 2. The molecule has 0 aliphatic carbocycles. The second-order valence-corrected chi connectivity index (χ2v) is 6.72. The van der Waals surface area contributed by atoms with E-state index in [1.807, 2.05) is 31.2 Å². The zero-order valence-corrected chi connectivity index (χ0v) is 15.5. The summed E-state index contributed by atoms with van der Waals surface area (Å²) in [5, 5.41) is 15.3. The van der Waals surface area contributed by atoms with Crippen LogP contribution >= 0.6 is 0 Å². The molecule has 4 nitrogen and oxygen atoms in total. The van der Waals surface area contributed by atoms with Gasteiger partial charge in [0.15, 0.2) is 5.96 Å². The van der Waals surface area contributed by atoms with Gasteiger partial charge < -0.3 is 10.6 Å².